The van der Waals surface area contributed by atoms with Gasteiger partial charge in [0.05, 0.1) is 18.5 Å². The fourth-order valence-electron chi connectivity index (χ4n) is 2.92. The number of rotatable bonds is 6. The van der Waals surface area contributed by atoms with E-state index < -0.39 is 10.0 Å². The third-order valence-electron chi connectivity index (χ3n) is 4.38. The number of benzene rings is 1. The zero-order valence-electron chi connectivity index (χ0n) is 14.7. The Morgan fingerprint density at radius 2 is 1.83 bits per heavy atom. The van der Waals surface area contributed by atoms with Crippen molar-refractivity contribution < 1.29 is 13.2 Å². The lowest BCUT2D eigenvalue weighted by atomic mass is 9.99. The molecule has 0 spiro atoms. The van der Waals surface area contributed by atoms with Crippen molar-refractivity contribution in [1.29, 1.82) is 0 Å². The Morgan fingerprint density at radius 1 is 1.25 bits per heavy atom. The van der Waals surface area contributed by atoms with Crippen LogP contribution < -0.4 is 14.5 Å². The van der Waals surface area contributed by atoms with Gasteiger partial charge in [-0.2, -0.15) is 0 Å². The summed E-state index contributed by atoms with van der Waals surface area (Å²) in [7, 11) is -3.39. The largest absolute Gasteiger partial charge is 0.372 e. The molecule has 6 nitrogen and oxygen atoms in total. The first-order valence-corrected chi connectivity index (χ1v) is 10.2. The second-order valence-electron chi connectivity index (χ2n) is 6.50. The van der Waals surface area contributed by atoms with E-state index in [1.807, 2.05) is 24.3 Å². The first-order valence-electron chi connectivity index (χ1n) is 8.34. The first-order chi connectivity index (χ1) is 11.3. The van der Waals surface area contributed by atoms with Crippen molar-refractivity contribution >= 4 is 27.3 Å². The van der Waals surface area contributed by atoms with Crippen LogP contribution in [0.15, 0.2) is 24.3 Å². The molecule has 1 N–H and O–H groups in total. The van der Waals surface area contributed by atoms with Crippen LogP contribution in [-0.4, -0.2) is 46.8 Å². The van der Waals surface area contributed by atoms with Crippen molar-refractivity contribution in [1.82, 2.24) is 5.32 Å². The van der Waals surface area contributed by atoms with Crippen molar-refractivity contribution in [3.63, 3.8) is 0 Å². The zero-order chi connectivity index (χ0) is 17.7. The smallest absolute Gasteiger partial charge is 0.232 e. The monoisotopic (exact) mass is 353 g/mol. The zero-order valence-corrected chi connectivity index (χ0v) is 15.5. The van der Waals surface area contributed by atoms with E-state index in [1.54, 1.807) is 0 Å². The van der Waals surface area contributed by atoms with Gasteiger partial charge < -0.3 is 10.2 Å². The first kappa shape index (κ1) is 18.6. The van der Waals surface area contributed by atoms with Crippen LogP contribution in [0.5, 0.6) is 0 Å². The lowest BCUT2D eigenvalue weighted by Crippen LogP contribution is -2.37. The minimum absolute atomic E-state index is 0.168. The molecule has 1 saturated heterocycles. The number of nitrogens with one attached hydrogen (secondary N) is 1. The Bertz CT molecular complexity index is 650. The van der Waals surface area contributed by atoms with Crippen LogP contribution in [0.3, 0.4) is 0 Å². The Hall–Kier alpha value is -1.76. The molecule has 1 amide bonds. The molecule has 1 fully saturated rings. The number of nitrogens with zero attached hydrogens (tertiary/aromatic N) is 2. The molecule has 0 radical (unpaired) electrons. The van der Waals surface area contributed by atoms with Gasteiger partial charge >= 0.3 is 0 Å². The molecule has 0 aromatic heterocycles. The average molecular weight is 353 g/mol. The molecule has 2 rings (SSSR count). The number of sulfonamides is 1. The number of piperidine rings is 1. The summed E-state index contributed by atoms with van der Waals surface area (Å²) >= 11 is 0. The fourth-order valence-corrected chi connectivity index (χ4v) is 3.84. The molecule has 1 aromatic carbocycles. The maximum atomic E-state index is 12.0. The molecular formula is C17H27N3O3S. The molecule has 0 unspecified atom stereocenters. The average Bonchev–Trinajstić information content (AvgIpc) is 2.51. The molecular weight excluding hydrogens is 326 g/mol. The van der Waals surface area contributed by atoms with Crippen LogP contribution in [0.25, 0.3) is 0 Å². The summed E-state index contributed by atoms with van der Waals surface area (Å²) in [5, 5.41) is 2.63. The van der Waals surface area contributed by atoms with Gasteiger partial charge in [0.2, 0.25) is 15.9 Å². The second-order valence-corrected chi connectivity index (χ2v) is 8.41. The number of carbonyl (C=O) groups is 1. The van der Waals surface area contributed by atoms with Gasteiger partial charge in [0, 0.05) is 32.2 Å². The van der Waals surface area contributed by atoms with E-state index in [4.69, 9.17) is 0 Å². The van der Waals surface area contributed by atoms with Crippen LogP contribution in [0.1, 0.15) is 26.7 Å². The maximum absolute atomic E-state index is 12.0. The summed E-state index contributed by atoms with van der Waals surface area (Å²) in [6.07, 6.45) is 3.56. The van der Waals surface area contributed by atoms with Crippen molar-refractivity contribution in [2.45, 2.75) is 26.7 Å². The molecule has 0 aliphatic carbocycles. The number of hydrogen-bond acceptors (Lipinski definition) is 4. The molecule has 0 atom stereocenters. The van der Waals surface area contributed by atoms with E-state index in [0.717, 1.165) is 24.7 Å². The van der Waals surface area contributed by atoms with Crippen molar-refractivity contribution in [2.75, 3.05) is 41.6 Å². The van der Waals surface area contributed by atoms with E-state index >= 15 is 0 Å². The van der Waals surface area contributed by atoms with Gasteiger partial charge in [-0.3, -0.25) is 9.10 Å². The number of anilines is 2. The van der Waals surface area contributed by atoms with E-state index in [9.17, 15) is 13.2 Å². The Labute approximate surface area is 144 Å². The van der Waals surface area contributed by atoms with Crippen LogP contribution >= 0.6 is 0 Å². The van der Waals surface area contributed by atoms with Gasteiger partial charge in [-0.15, -0.1) is 0 Å². The lowest BCUT2D eigenvalue weighted by Gasteiger charge is -2.32. The highest BCUT2D eigenvalue weighted by atomic mass is 32.2. The van der Waals surface area contributed by atoms with E-state index in [-0.39, 0.29) is 19.0 Å². The molecule has 1 aromatic rings. The van der Waals surface area contributed by atoms with E-state index in [2.05, 4.69) is 17.1 Å². The molecule has 1 heterocycles. The van der Waals surface area contributed by atoms with Crippen LogP contribution in [0.4, 0.5) is 11.4 Å². The third-order valence-corrected chi connectivity index (χ3v) is 5.57. The predicted octanol–water partition coefficient (Wildman–Crippen LogP) is 1.82. The van der Waals surface area contributed by atoms with Gasteiger partial charge in [0.25, 0.3) is 0 Å². The topological polar surface area (TPSA) is 69.7 Å². The minimum atomic E-state index is -3.39. The number of amides is 1. The Kier molecular flexibility index (Phi) is 6.10. The SMILES string of the molecule is CC(=O)NCCN(c1ccc(N2CCC(C)CC2)cc1)S(C)(=O)=O. The standard InChI is InChI=1S/C17H27N3O3S/c1-14-8-11-19(12-9-14)16-4-6-17(7-5-16)20(24(3,22)23)13-10-18-15(2)21/h4-7,14H,8-13H2,1-3H3,(H,18,21). The molecule has 0 bridgehead atoms. The summed E-state index contributed by atoms with van der Waals surface area (Å²) < 4.78 is 25.4. The molecule has 0 saturated carbocycles. The van der Waals surface area contributed by atoms with Gasteiger partial charge in [-0.1, -0.05) is 6.92 Å². The van der Waals surface area contributed by atoms with Gasteiger partial charge in [0.1, 0.15) is 0 Å². The van der Waals surface area contributed by atoms with Crippen molar-refractivity contribution in [3.8, 4) is 0 Å². The Balaban J connectivity index is 2.09. The van der Waals surface area contributed by atoms with Gasteiger partial charge in [-0.25, -0.2) is 8.42 Å². The molecule has 1 aliphatic heterocycles. The lowest BCUT2D eigenvalue weighted by molar-refractivity contribution is -0.118. The quantitative estimate of drug-likeness (QED) is 0.847. The molecule has 1 aliphatic rings. The molecule has 7 heteroatoms. The van der Waals surface area contributed by atoms with Crippen LogP contribution in [-0.2, 0) is 14.8 Å². The minimum Gasteiger partial charge on any atom is -0.372 e. The number of carbonyl (C=O) groups excluding carboxylic acids is 1. The number of hydrogen-bond donors (Lipinski definition) is 1. The summed E-state index contributed by atoms with van der Waals surface area (Å²) in [5.41, 5.74) is 1.75. The van der Waals surface area contributed by atoms with Crippen molar-refractivity contribution in [2.24, 2.45) is 5.92 Å². The molecule has 134 valence electrons. The Morgan fingerprint density at radius 3 is 2.33 bits per heavy atom. The van der Waals surface area contributed by atoms with Gasteiger partial charge in [-0.05, 0) is 43.0 Å². The summed E-state index contributed by atoms with van der Waals surface area (Å²) in [6.45, 7) is 6.28. The van der Waals surface area contributed by atoms with Crippen LogP contribution in [0.2, 0.25) is 0 Å². The second kappa shape index (κ2) is 7.88. The summed E-state index contributed by atoms with van der Waals surface area (Å²) in [4.78, 5) is 13.3. The highest BCUT2D eigenvalue weighted by molar-refractivity contribution is 7.92. The fraction of sp³-hybridized carbons (Fsp3) is 0.588. The predicted molar refractivity (Wildman–Crippen MR) is 97.9 cm³/mol. The molecule has 24 heavy (non-hydrogen) atoms. The third kappa shape index (κ3) is 5.12. The van der Waals surface area contributed by atoms with E-state index in [0.29, 0.717) is 5.69 Å². The van der Waals surface area contributed by atoms with Crippen molar-refractivity contribution in [3.05, 3.63) is 24.3 Å². The van der Waals surface area contributed by atoms with Crippen LogP contribution in [0, 0.1) is 5.92 Å². The normalized spacial score (nSPS) is 16.0. The highest BCUT2D eigenvalue weighted by Crippen LogP contribution is 2.26. The van der Waals surface area contributed by atoms with Gasteiger partial charge in [0.15, 0.2) is 0 Å². The summed E-state index contributed by atoms with van der Waals surface area (Å²) in [5.74, 6) is 0.605. The highest BCUT2D eigenvalue weighted by Gasteiger charge is 2.19. The summed E-state index contributed by atoms with van der Waals surface area (Å²) in [6, 6.07) is 7.62. The van der Waals surface area contributed by atoms with E-state index in [1.165, 1.54) is 30.3 Å². The maximum Gasteiger partial charge on any atom is 0.232 e.